The van der Waals surface area contributed by atoms with Crippen molar-refractivity contribution in [3.05, 3.63) is 24.3 Å². The molecule has 0 spiro atoms. The predicted molar refractivity (Wildman–Crippen MR) is 110 cm³/mol. The fraction of sp³-hybridized carbons (Fsp3) is 0.727. The van der Waals surface area contributed by atoms with Gasteiger partial charge in [-0.15, -0.1) is 0 Å². The molecule has 0 saturated heterocycles. The van der Waals surface area contributed by atoms with Gasteiger partial charge in [-0.3, -0.25) is 9.80 Å². The van der Waals surface area contributed by atoms with Crippen LogP contribution in [0.1, 0.15) is 52.4 Å². The highest BCUT2D eigenvalue weighted by molar-refractivity contribution is 5.33. The van der Waals surface area contributed by atoms with Gasteiger partial charge in [0.15, 0.2) is 12.5 Å². The third kappa shape index (κ3) is 7.68. The normalized spacial score (nSPS) is 20.4. The first-order valence-electron chi connectivity index (χ1n) is 10.6. The Hall–Kier alpha value is -1.30. The topological polar surface area (TPSA) is 34.2 Å². The fourth-order valence-electron chi connectivity index (χ4n) is 3.22. The van der Waals surface area contributed by atoms with Gasteiger partial charge in [-0.2, -0.15) is 0 Å². The Labute approximate surface area is 165 Å². The molecule has 5 nitrogen and oxygen atoms in total. The van der Waals surface area contributed by atoms with Crippen LogP contribution in [0, 0.1) is 0 Å². The SMILES string of the molecule is CCCCCN(C)C1COCC(N(C)CCCCC)Oc2cccc(c2)O1. The number of benzene rings is 1. The zero-order valence-electron chi connectivity index (χ0n) is 17.7. The number of hydrogen-bond acceptors (Lipinski definition) is 5. The van der Waals surface area contributed by atoms with Crippen LogP contribution in [0.4, 0.5) is 0 Å². The second kappa shape index (κ2) is 12.2. The van der Waals surface area contributed by atoms with Crippen LogP contribution in [0.5, 0.6) is 11.5 Å². The lowest BCUT2D eigenvalue weighted by Crippen LogP contribution is -2.45. The van der Waals surface area contributed by atoms with Crippen molar-refractivity contribution in [2.75, 3.05) is 40.4 Å². The molecule has 2 bridgehead atoms. The first-order chi connectivity index (χ1) is 13.1. The third-order valence-corrected chi connectivity index (χ3v) is 5.08. The van der Waals surface area contributed by atoms with Crippen LogP contribution in [0.3, 0.4) is 0 Å². The van der Waals surface area contributed by atoms with E-state index in [1.807, 2.05) is 24.3 Å². The molecular formula is C22H38N2O3. The molecule has 0 fully saturated rings. The van der Waals surface area contributed by atoms with Gasteiger partial charge >= 0.3 is 0 Å². The van der Waals surface area contributed by atoms with Crippen LogP contribution < -0.4 is 9.47 Å². The van der Waals surface area contributed by atoms with Gasteiger partial charge in [0.1, 0.15) is 11.5 Å². The monoisotopic (exact) mass is 378 g/mol. The number of rotatable bonds is 10. The molecule has 0 radical (unpaired) electrons. The summed E-state index contributed by atoms with van der Waals surface area (Å²) in [6, 6.07) is 7.96. The van der Waals surface area contributed by atoms with Crippen LogP contribution in [-0.2, 0) is 4.74 Å². The first kappa shape index (κ1) is 22.0. The fourth-order valence-corrected chi connectivity index (χ4v) is 3.22. The summed E-state index contributed by atoms with van der Waals surface area (Å²) in [6.07, 6.45) is 7.13. The average Bonchev–Trinajstić information content (AvgIpc) is 2.66. The van der Waals surface area contributed by atoms with Gasteiger partial charge in [0.05, 0.1) is 13.2 Å². The maximum atomic E-state index is 6.21. The lowest BCUT2D eigenvalue weighted by atomic mass is 10.2. The minimum atomic E-state index is -0.0822. The maximum Gasteiger partial charge on any atom is 0.175 e. The minimum Gasteiger partial charge on any atom is -0.473 e. The van der Waals surface area contributed by atoms with Crippen molar-refractivity contribution >= 4 is 0 Å². The zero-order chi connectivity index (χ0) is 19.5. The molecular weight excluding hydrogens is 340 g/mol. The smallest absolute Gasteiger partial charge is 0.175 e. The van der Waals surface area contributed by atoms with E-state index in [2.05, 4.69) is 37.7 Å². The third-order valence-electron chi connectivity index (χ3n) is 5.08. The molecule has 1 aliphatic rings. The summed E-state index contributed by atoms with van der Waals surface area (Å²) in [5.74, 6) is 1.66. The summed E-state index contributed by atoms with van der Waals surface area (Å²) >= 11 is 0. The quantitative estimate of drug-likeness (QED) is 0.565. The van der Waals surface area contributed by atoms with E-state index in [0.29, 0.717) is 13.2 Å². The number of unbranched alkanes of at least 4 members (excludes halogenated alkanes) is 4. The molecule has 0 N–H and O–H groups in total. The molecule has 2 atom stereocenters. The van der Waals surface area contributed by atoms with Crippen LogP contribution in [0.25, 0.3) is 0 Å². The van der Waals surface area contributed by atoms with E-state index in [4.69, 9.17) is 14.2 Å². The Morgan fingerprint density at radius 1 is 0.815 bits per heavy atom. The highest BCUT2D eigenvalue weighted by Crippen LogP contribution is 2.24. The Morgan fingerprint density at radius 2 is 1.30 bits per heavy atom. The van der Waals surface area contributed by atoms with Crippen molar-refractivity contribution in [1.29, 1.82) is 0 Å². The van der Waals surface area contributed by atoms with Gasteiger partial charge in [-0.25, -0.2) is 0 Å². The van der Waals surface area contributed by atoms with E-state index in [9.17, 15) is 0 Å². The second-order valence-corrected chi connectivity index (χ2v) is 7.53. The lowest BCUT2D eigenvalue weighted by molar-refractivity contribution is -0.0791. The Bertz CT molecular complexity index is 485. The Balaban J connectivity index is 2.03. The van der Waals surface area contributed by atoms with E-state index in [0.717, 1.165) is 24.6 Å². The molecule has 1 aromatic rings. The minimum absolute atomic E-state index is 0.0822. The van der Waals surface area contributed by atoms with Gasteiger partial charge in [0, 0.05) is 19.2 Å². The summed E-state index contributed by atoms with van der Waals surface area (Å²) in [5, 5.41) is 0. The number of ether oxygens (including phenoxy) is 3. The standard InChI is InChI=1S/C22H38N2O3/c1-5-7-9-14-23(3)21-17-25-18-22(24(4)15-10-8-6-2)27-20-13-11-12-19(16-20)26-21/h11-13,16,21-22H,5-10,14-15,17-18H2,1-4H3. The highest BCUT2D eigenvalue weighted by atomic mass is 16.6. The molecule has 2 unspecified atom stereocenters. The highest BCUT2D eigenvalue weighted by Gasteiger charge is 2.22. The number of hydrogen-bond donors (Lipinski definition) is 0. The van der Waals surface area contributed by atoms with Gasteiger partial charge in [0.2, 0.25) is 0 Å². The largest absolute Gasteiger partial charge is 0.473 e. The predicted octanol–water partition coefficient (Wildman–Crippen LogP) is 4.37. The molecule has 1 aromatic carbocycles. The second-order valence-electron chi connectivity index (χ2n) is 7.53. The van der Waals surface area contributed by atoms with E-state index in [-0.39, 0.29) is 12.5 Å². The van der Waals surface area contributed by atoms with E-state index < -0.39 is 0 Å². The van der Waals surface area contributed by atoms with Crippen LogP contribution in [-0.4, -0.2) is 62.7 Å². The summed E-state index contributed by atoms with van der Waals surface area (Å²) in [6.45, 7) is 7.55. The van der Waals surface area contributed by atoms with Gasteiger partial charge in [0.25, 0.3) is 0 Å². The van der Waals surface area contributed by atoms with Gasteiger partial charge in [-0.05, 0) is 39.1 Å². The molecule has 2 rings (SSSR count). The molecule has 154 valence electrons. The summed E-state index contributed by atoms with van der Waals surface area (Å²) in [4.78, 5) is 4.51. The van der Waals surface area contributed by atoms with Gasteiger partial charge < -0.3 is 14.2 Å². The summed E-state index contributed by atoms with van der Waals surface area (Å²) < 4.78 is 18.5. The van der Waals surface area contributed by atoms with Crippen molar-refractivity contribution in [1.82, 2.24) is 9.80 Å². The Morgan fingerprint density at radius 3 is 1.74 bits per heavy atom. The van der Waals surface area contributed by atoms with Crippen LogP contribution in [0.2, 0.25) is 0 Å². The number of fused-ring (bicyclic) bond motifs is 2. The van der Waals surface area contributed by atoms with Gasteiger partial charge in [-0.1, -0.05) is 45.6 Å². The van der Waals surface area contributed by atoms with Crippen molar-refractivity contribution in [2.24, 2.45) is 0 Å². The molecule has 0 amide bonds. The van der Waals surface area contributed by atoms with Crippen LogP contribution in [0.15, 0.2) is 24.3 Å². The molecule has 27 heavy (non-hydrogen) atoms. The Kier molecular flexibility index (Phi) is 9.95. The van der Waals surface area contributed by atoms with Crippen molar-refractivity contribution in [3.63, 3.8) is 0 Å². The maximum absolute atomic E-state index is 6.21. The van der Waals surface area contributed by atoms with Crippen molar-refractivity contribution < 1.29 is 14.2 Å². The molecule has 5 heteroatoms. The zero-order valence-corrected chi connectivity index (χ0v) is 17.7. The van der Waals surface area contributed by atoms with Crippen molar-refractivity contribution in [3.8, 4) is 11.5 Å². The van der Waals surface area contributed by atoms with Crippen LogP contribution >= 0.6 is 0 Å². The molecule has 0 aromatic heterocycles. The molecule has 1 aliphatic heterocycles. The lowest BCUT2D eigenvalue weighted by Gasteiger charge is -2.33. The molecule has 0 saturated carbocycles. The van der Waals surface area contributed by atoms with E-state index in [1.54, 1.807) is 0 Å². The first-order valence-corrected chi connectivity index (χ1v) is 10.6. The summed E-state index contributed by atoms with van der Waals surface area (Å²) in [7, 11) is 4.23. The van der Waals surface area contributed by atoms with E-state index >= 15 is 0 Å². The number of likely N-dealkylation sites (N-methyl/N-ethyl adjacent to an activating group) is 2. The average molecular weight is 379 g/mol. The molecule has 1 heterocycles. The van der Waals surface area contributed by atoms with Crippen molar-refractivity contribution in [2.45, 2.75) is 64.8 Å². The summed E-state index contributed by atoms with van der Waals surface area (Å²) in [5.41, 5.74) is 0. The van der Waals surface area contributed by atoms with E-state index in [1.165, 1.54) is 38.5 Å². The number of nitrogens with zero attached hydrogens (tertiary/aromatic N) is 2. The molecule has 0 aliphatic carbocycles.